The quantitative estimate of drug-likeness (QED) is 0.501. The van der Waals surface area contributed by atoms with Gasteiger partial charge in [-0.15, -0.1) is 11.3 Å². The van der Waals surface area contributed by atoms with E-state index in [1.54, 1.807) is 23.3 Å². The van der Waals surface area contributed by atoms with Crippen LogP contribution in [0.1, 0.15) is 21.8 Å². The molecule has 0 aliphatic rings. The normalized spacial score (nSPS) is 10.7. The maximum Gasteiger partial charge on any atom is 0.227 e. The molecule has 0 spiro atoms. The lowest BCUT2D eigenvalue weighted by Crippen LogP contribution is -2.34. The summed E-state index contributed by atoms with van der Waals surface area (Å²) in [4.78, 5) is 19.2. The third kappa shape index (κ3) is 6.69. The lowest BCUT2D eigenvalue weighted by Gasteiger charge is -2.21. The first-order valence-electron chi connectivity index (χ1n) is 9.57. The molecule has 0 saturated heterocycles. The molecule has 2 aromatic carbocycles. The Kier molecular flexibility index (Phi) is 7.78. The van der Waals surface area contributed by atoms with Crippen LogP contribution in [0.3, 0.4) is 0 Å². The Labute approximate surface area is 175 Å². The van der Waals surface area contributed by atoms with Crippen LogP contribution in [-0.4, -0.2) is 36.1 Å². The van der Waals surface area contributed by atoms with E-state index in [1.807, 2.05) is 66.9 Å². The van der Waals surface area contributed by atoms with Crippen molar-refractivity contribution in [2.75, 3.05) is 20.3 Å². The summed E-state index contributed by atoms with van der Waals surface area (Å²) in [5, 5.41) is 2.88. The van der Waals surface area contributed by atoms with Crippen molar-refractivity contribution in [1.29, 1.82) is 0 Å². The number of rotatable bonds is 10. The zero-order chi connectivity index (χ0) is 20.5. The van der Waals surface area contributed by atoms with E-state index < -0.39 is 0 Å². The predicted molar refractivity (Wildman–Crippen MR) is 115 cm³/mol. The van der Waals surface area contributed by atoms with Crippen molar-refractivity contribution >= 4 is 17.2 Å². The Morgan fingerprint density at radius 3 is 2.72 bits per heavy atom. The van der Waals surface area contributed by atoms with Crippen molar-refractivity contribution in [2.24, 2.45) is 0 Å². The molecule has 0 N–H and O–H groups in total. The smallest absolute Gasteiger partial charge is 0.227 e. The molecule has 1 heterocycles. The second-order valence-corrected chi connectivity index (χ2v) is 7.75. The van der Waals surface area contributed by atoms with Crippen LogP contribution < -0.4 is 4.74 Å². The van der Waals surface area contributed by atoms with Gasteiger partial charge in [0.25, 0.3) is 0 Å². The molecule has 3 aromatic rings. The summed E-state index contributed by atoms with van der Waals surface area (Å²) in [5.41, 5.74) is 3.04. The average Bonchev–Trinajstić information content (AvgIpc) is 3.18. The van der Waals surface area contributed by atoms with Gasteiger partial charge < -0.3 is 14.4 Å². The summed E-state index contributed by atoms with van der Waals surface area (Å²) in [5.74, 6) is 0.903. The second kappa shape index (κ2) is 10.7. The molecule has 1 amide bonds. The van der Waals surface area contributed by atoms with Gasteiger partial charge in [-0.05, 0) is 30.2 Å². The van der Waals surface area contributed by atoms with E-state index in [2.05, 4.69) is 4.98 Å². The summed E-state index contributed by atoms with van der Waals surface area (Å²) >= 11 is 1.55. The minimum Gasteiger partial charge on any atom is -0.486 e. The van der Waals surface area contributed by atoms with Gasteiger partial charge >= 0.3 is 0 Å². The fourth-order valence-corrected chi connectivity index (χ4v) is 3.61. The van der Waals surface area contributed by atoms with Crippen LogP contribution >= 0.6 is 11.3 Å². The molecule has 0 fully saturated rings. The predicted octanol–water partition coefficient (Wildman–Crippen LogP) is 4.25. The van der Waals surface area contributed by atoms with Crippen LogP contribution in [0.5, 0.6) is 5.75 Å². The number of aromatic nitrogens is 1. The highest BCUT2D eigenvalue weighted by Gasteiger charge is 2.16. The molecule has 0 saturated carbocycles. The van der Waals surface area contributed by atoms with E-state index in [0.29, 0.717) is 32.7 Å². The number of benzene rings is 2. The van der Waals surface area contributed by atoms with E-state index in [4.69, 9.17) is 9.47 Å². The standard InChI is InChI=1S/C23H26N2O3S/c1-18-7-6-10-21(13-18)28-16-22-24-20(17-29-22)15-25(11-12-27-2)23(26)14-19-8-4-3-5-9-19/h3-10,13,17H,11-12,14-16H2,1-2H3. The number of aryl methyl sites for hydroxylation is 1. The monoisotopic (exact) mass is 410 g/mol. The third-order valence-corrected chi connectivity index (χ3v) is 5.29. The highest BCUT2D eigenvalue weighted by Crippen LogP contribution is 2.18. The molecular formula is C23H26N2O3S. The van der Waals surface area contributed by atoms with Gasteiger partial charge in [0.2, 0.25) is 5.91 Å². The lowest BCUT2D eigenvalue weighted by molar-refractivity contribution is -0.131. The Bertz CT molecular complexity index is 911. The molecule has 152 valence electrons. The van der Waals surface area contributed by atoms with Crippen LogP contribution in [0.2, 0.25) is 0 Å². The van der Waals surface area contributed by atoms with E-state index in [0.717, 1.165) is 27.6 Å². The average molecular weight is 411 g/mol. The first-order chi connectivity index (χ1) is 14.1. The molecular weight excluding hydrogens is 384 g/mol. The molecule has 0 bridgehead atoms. The van der Waals surface area contributed by atoms with Crippen LogP contribution in [0, 0.1) is 6.92 Å². The maximum absolute atomic E-state index is 12.8. The van der Waals surface area contributed by atoms with Gasteiger partial charge in [0.15, 0.2) is 0 Å². The minimum atomic E-state index is 0.0683. The lowest BCUT2D eigenvalue weighted by atomic mass is 10.1. The minimum absolute atomic E-state index is 0.0683. The first-order valence-corrected chi connectivity index (χ1v) is 10.5. The van der Waals surface area contributed by atoms with Crippen LogP contribution in [0.25, 0.3) is 0 Å². The van der Waals surface area contributed by atoms with Gasteiger partial charge in [0.05, 0.1) is 25.3 Å². The van der Waals surface area contributed by atoms with Crippen molar-refractivity contribution in [3.63, 3.8) is 0 Å². The molecule has 29 heavy (non-hydrogen) atoms. The highest BCUT2D eigenvalue weighted by atomic mass is 32.1. The maximum atomic E-state index is 12.8. The Hall–Kier alpha value is -2.70. The number of amides is 1. The van der Waals surface area contributed by atoms with Gasteiger partial charge in [0.1, 0.15) is 17.4 Å². The summed E-state index contributed by atoms with van der Waals surface area (Å²) in [7, 11) is 1.64. The van der Waals surface area contributed by atoms with E-state index in [-0.39, 0.29) is 5.91 Å². The molecule has 3 rings (SSSR count). The molecule has 0 aliphatic carbocycles. The van der Waals surface area contributed by atoms with Crippen LogP contribution in [0.4, 0.5) is 0 Å². The number of thiazole rings is 1. The molecule has 0 atom stereocenters. The molecule has 0 radical (unpaired) electrons. The van der Waals surface area contributed by atoms with Crippen molar-refractivity contribution in [2.45, 2.75) is 26.5 Å². The summed E-state index contributed by atoms with van der Waals surface area (Å²) in [6.07, 6.45) is 0.373. The Balaban J connectivity index is 1.59. The van der Waals surface area contributed by atoms with Crippen molar-refractivity contribution in [1.82, 2.24) is 9.88 Å². The first kappa shape index (κ1) is 21.0. The summed E-state index contributed by atoms with van der Waals surface area (Å²) in [6, 6.07) is 17.7. The zero-order valence-corrected chi connectivity index (χ0v) is 17.7. The van der Waals surface area contributed by atoms with Gasteiger partial charge in [-0.1, -0.05) is 42.5 Å². The second-order valence-electron chi connectivity index (χ2n) is 6.81. The largest absolute Gasteiger partial charge is 0.486 e. The fourth-order valence-electron chi connectivity index (χ4n) is 2.91. The number of methoxy groups -OCH3 is 1. The molecule has 0 aliphatic heterocycles. The zero-order valence-electron chi connectivity index (χ0n) is 16.8. The number of carbonyl (C=O) groups excluding carboxylic acids is 1. The number of hydrogen-bond donors (Lipinski definition) is 0. The molecule has 0 unspecified atom stereocenters. The SMILES string of the molecule is COCCN(Cc1csc(COc2cccc(C)c2)n1)C(=O)Cc1ccccc1. The Morgan fingerprint density at radius 1 is 1.14 bits per heavy atom. The summed E-state index contributed by atoms with van der Waals surface area (Å²) in [6.45, 7) is 3.96. The van der Waals surface area contributed by atoms with Gasteiger partial charge in [-0.3, -0.25) is 4.79 Å². The van der Waals surface area contributed by atoms with Crippen LogP contribution in [-0.2, 0) is 29.1 Å². The molecule has 6 heteroatoms. The number of nitrogens with zero attached hydrogens (tertiary/aromatic N) is 2. The van der Waals surface area contributed by atoms with Gasteiger partial charge in [0, 0.05) is 19.0 Å². The number of ether oxygens (including phenoxy) is 2. The number of hydrogen-bond acceptors (Lipinski definition) is 5. The van der Waals surface area contributed by atoms with Crippen molar-refractivity contribution in [3.05, 3.63) is 81.8 Å². The van der Waals surface area contributed by atoms with Crippen molar-refractivity contribution in [3.8, 4) is 5.75 Å². The fraction of sp³-hybridized carbons (Fsp3) is 0.304. The van der Waals surface area contributed by atoms with E-state index in [9.17, 15) is 4.79 Å². The molecule has 5 nitrogen and oxygen atoms in total. The van der Waals surface area contributed by atoms with Gasteiger partial charge in [-0.2, -0.15) is 0 Å². The summed E-state index contributed by atoms with van der Waals surface area (Å²) < 4.78 is 11.0. The van der Waals surface area contributed by atoms with E-state index in [1.165, 1.54) is 0 Å². The van der Waals surface area contributed by atoms with E-state index >= 15 is 0 Å². The third-order valence-electron chi connectivity index (χ3n) is 4.42. The Morgan fingerprint density at radius 2 is 1.97 bits per heavy atom. The highest BCUT2D eigenvalue weighted by molar-refractivity contribution is 7.09. The number of carbonyl (C=O) groups is 1. The topological polar surface area (TPSA) is 51.7 Å². The van der Waals surface area contributed by atoms with Crippen LogP contribution in [0.15, 0.2) is 60.0 Å². The van der Waals surface area contributed by atoms with Gasteiger partial charge in [-0.25, -0.2) is 4.98 Å². The van der Waals surface area contributed by atoms with Crippen molar-refractivity contribution < 1.29 is 14.3 Å². The molecule has 1 aromatic heterocycles.